The molecule has 1 fully saturated rings. The van der Waals surface area contributed by atoms with Crippen molar-refractivity contribution in [2.45, 2.75) is 38.6 Å². The molecule has 0 aromatic heterocycles. The van der Waals surface area contributed by atoms with Gasteiger partial charge in [0.25, 0.3) is 0 Å². The van der Waals surface area contributed by atoms with E-state index in [0.717, 1.165) is 13.2 Å². The quantitative estimate of drug-likeness (QED) is 0.841. The Kier molecular flexibility index (Phi) is 3.83. The summed E-state index contributed by atoms with van der Waals surface area (Å²) in [7, 11) is 0. The fourth-order valence-corrected chi connectivity index (χ4v) is 2.21. The summed E-state index contributed by atoms with van der Waals surface area (Å²) in [6.45, 7) is 6.23. The van der Waals surface area contributed by atoms with E-state index >= 15 is 0 Å². The molecule has 1 aliphatic rings. The molecule has 1 atom stereocenters. The largest absolute Gasteiger partial charge is 0.380 e. The van der Waals surface area contributed by atoms with Crippen molar-refractivity contribution in [2.75, 3.05) is 18.5 Å². The smallest absolute Gasteiger partial charge is 0.0667 e. The van der Waals surface area contributed by atoms with Gasteiger partial charge in [-0.3, -0.25) is 0 Å². The Bertz CT molecular complexity index is 329. The summed E-state index contributed by atoms with van der Waals surface area (Å²) in [5, 5.41) is 3.61. The van der Waals surface area contributed by atoms with Crippen LogP contribution in [-0.4, -0.2) is 19.3 Å². The zero-order chi connectivity index (χ0) is 11.4. The van der Waals surface area contributed by atoms with E-state index in [4.69, 9.17) is 4.74 Å². The van der Waals surface area contributed by atoms with Crippen LogP contribution in [0.5, 0.6) is 0 Å². The molecule has 1 aliphatic heterocycles. The van der Waals surface area contributed by atoms with Crippen LogP contribution in [-0.2, 0) is 4.74 Å². The van der Waals surface area contributed by atoms with E-state index in [2.05, 4.69) is 43.4 Å². The van der Waals surface area contributed by atoms with Gasteiger partial charge in [-0.1, -0.05) is 32.0 Å². The minimum Gasteiger partial charge on any atom is -0.380 e. The van der Waals surface area contributed by atoms with Gasteiger partial charge in [0.1, 0.15) is 0 Å². The van der Waals surface area contributed by atoms with Crippen LogP contribution >= 0.6 is 0 Å². The molecule has 0 aliphatic carbocycles. The van der Waals surface area contributed by atoms with Crippen LogP contribution in [0.2, 0.25) is 0 Å². The van der Waals surface area contributed by atoms with E-state index in [1.807, 2.05) is 0 Å². The van der Waals surface area contributed by atoms with Gasteiger partial charge in [0.05, 0.1) is 6.61 Å². The SMILES string of the molecule is CC(C)c1ccccc1NC1CCCOC1. The van der Waals surface area contributed by atoms with Crippen molar-refractivity contribution in [1.82, 2.24) is 0 Å². The molecule has 1 saturated heterocycles. The molecular weight excluding hydrogens is 198 g/mol. The summed E-state index contributed by atoms with van der Waals surface area (Å²) in [6.07, 6.45) is 2.38. The summed E-state index contributed by atoms with van der Waals surface area (Å²) in [5.74, 6) is 0.563. The highest BCUT2D eigenvalue weighted by Crippen LogP contribution is 2.25. The van der Waals surface area contributed by atoms with Gasteiger partial charge in [-0.15, -0.1) is 0 Å². The first-order chi connectivity index (χ1) is 7.77. The van der Waals surface area contributed by atoms with Crippen LogP contribution < -0.4 is 5.32 Å². The fourth-order valence-electron chi connectivity index (χ4n) is 2.21. The Hall–Kier alpha value is -1.02. The van der Waals surface area contributed by atoms with Crippen molar-refractivity contribution in [3.63, 3.8) is 0 Å². The van der Waals surface area contributed by atoms with Crippen molar-refractivity contribution >= 4 is 5.69 Å². The molecule has 2 nitrogen and oxygen atoms in total. The minimum atomic E-state index is 0.480. The molecule has 1 N–H and O–H groups in total. The van der Waals surface area contributed by atoms with Gasteiger partial charge in [-0.25, -0.2) is 0 Å². The summed E-state index contributed by atoms with van der Waals surface area (Å²) in [4.78, 5) is 0. The number of hydrogen-bond acceptors (Lipinski definition) is 2. The average Bonchev–Trinajstić information content (AvgIpc) is 2.31. The van der Waals surface area contributed by atoms with E-state index in [1.165, 1.54) is 24.1 Å². The molecule has 16 heavy (non-hydrogen) atoms. The zero-order valence-electron chi connectivity index (χ0n) is 10.2. The number of benzene rings is 1. The van der Waals surface area contributed by atoms with Gasteiger partial charge >= 0.3 is 0 Å². The third kappa shape index (κ3) is 2.76. The van der Waals surface area contributed by atoms with Crippen LogP contribution in [0, 0.1) is 0 Å². The number of rotatable bonds is 3. The molecule has 0 bridgehead atoms. The molecule has 2 heteroatoms. The first-order valence-electron chi connectivity index (χ1n) is 6.20. The van der Waals surface area contributed by atoms with Gasteiger partial charge < -0.3 is 10.1 Å². The molecule has 0 radical (unpaired) electrons. The van der Waals surface area contributed by atoms with Gasteiger partial charge in [-0.05, 0) is 30.4 Å². The second kappa shape index (κ2) is 5.35. The number of hydrogen-bond donors (Lipinski definition) is 1. The van der Waals surface area contributed by atoms with Crippen LogP contribution in [0.1, 0.15) is 38.2 Å². The average molecular weight is 219 g/mol. The predicted octanol–water partition coefficient (Wildman–Crippen LogP) is 3.40. The molecule has 1 heterocycles. The lowest BCUT2D eigenvalue weighted by Crippen LogP contribution is -2.30. The number of anilines is 1. The summed E-state index contributed by atoms with van der Waals surface area (Å²) < 4.78 is 5.49. The lowest BCUT2D eigenvalue weighted by atomic mass is 10.00. The van der Waals surface area contributed by atoms with E-state index in [9.17, 15) is 0 Å². The third-order valence-electron chi connectivity index (χ3n) is 3.10. The first kappa shape index (κ1) is 11.5. The van der Waals surface area contributed by atoms with Crippen LogP contribution in [0.3, 0.4) is 0 Å². The standard InChI is InChI=1S/C14H21NO/c1-11(2)13-7-3-4-8-14(13)15-12-6-5-9-16-10-12/h3-4,7-8,11-12,15H,5-6,9-10H2,1-2H3. The van der Waals surface area contributed by atoms with Crippen LogP contribution in [0.25, 0.3) is 0 Å². The Morgan fingerprint density at radius 1 is 1.31 bits per heavy atom. The molecule has 0 saturated carbocycles. The topological polar surface area (TPSA) is 21.3 Å². The second-order valence-corrected chi connectivity index (χ2v) is 4.80. The highest BCUT2D eigenvalue weighted by molar-refractivity contribution is 5.53. The Labute approximate surface area is 98.0 Å². The molecule has 1 aromatic rings. The number of para-hydroxylation sites is 1. The number of ether oxygens (including phenoxy) is 1. The van der Waals surface area contributed by atoms with Crippen molar-refractivity contribution in [3.8, 4) is 0 Å². The first-order valence-corrected chi connectivity index (χ1v) is 6.20. The Morgan fingerprint density at radius 3 is 2.81 bits per heavy atom. The van der Waals surface area contributed by atoms with E-state index in [1.54, 1.807) is 0 Å². The van der Waals surface area contributed by atoms with Crippen molar-refractivity contribution in [1.29, 1.82) is 0 Å². The van der Waals surface area contributed by atoms with E-state index in [0.29, 0.717) is 12.0 Å². The highest BCUT2D eigenvalue weighted by Gasteiger charge is 2.15. The summed E-state index contributed by atoms with van der Waals surface area (Å²) in [5.41, 5.74) is 2.67. The van der Waals surface area contributed by atoms with Crippen LogP contribution in [0.4, 0.5) is 5.69 Å². The molecule has 1 aromatic carbocycles. The molecule has 0 amide bonds. The van der Waals surface area contributed by atoms with Crippen molar-refractivity contribution in [3.05, 3.63) is 29.8 Å². The maximum atomic E-state index is 5.49. The summed E-state index contributed by atoms with van der Waals surface area (Å²) >= 11 is 0. The molecule has 0 spiro atoms. The molecule has 1 unspecified atom stereocenters. The Morgan fingerprint density at radius 2 is 2.12 bits per heavy atom. The summed E-state index contributed by atoms with van der Waals surface area (Å²) in [6, 6.07) is 9.06. The monoisotopic (exact) mass is 219 g/mol. The lowest BCUT2D eigenvalue weighted by molar-refractivity contribution is 0.0876. The normalized spacial score (nSPS) is 21.1. The third-order valence-corrected chi connectivity index (χ3v) is 3.10. The lowest BCUT2D eigenvalue weighted by Gasteiger charge is -2.26. The van der Waals surface area contributed by atoms with Crippen LogP contribution in [0.15, 0.2) is 24.3 Å². The minimum absolute atomic E-state index is 0.480. The molecule has 2 rings (SSSR count). The van der Waals surface area contributed by atoms with Crippen molar-refractivity contribution in [2.24, 2.45) is 0 Å². The maximum absolute atomic E-state index is 5.49. The highest BCUT2D eigenvalue weighted by atomic mass is 16.5. The molecule has 88 valence electrons. The van der Waals surface area contributed by atoms with Gasteiger partial charge in [-0.2, -0.15) is 0 Å². The maximum Gasteiger partial charge on any atom is 0.0667 e. The van der Waals surface area contributed by atoms with E-state index < -0.39 is 0 Å². The van der Waals surface area contributed by atoms with E-state index in [-0.39, 0.29) is 0 Å². The van der Waals surface area contributed by atoms with Gasteiger partial charge in [0.2, 0.25) is 0 Å². The zero-order valence-corrected chi connectivity index (χ0v) is 10.2. The molecular formula is C14H21NO. The van der Waals surface area contributed by atoms with Crippen molar-refractivity contribution < 1.29 is 4.74 Å². The predicted molar refractivity (Wildman–Crippen MR) is 68.0 cm³/mol. The fraction of sp³-hybridized carbons (Fsp3) is 0.571. The van der Waals surface area contributed by atoms with Gasteiger partial charge in [0, 0.05) is 18.3 Å². The second-order valence-electron chi connectivity index (χ2n) is 4.80. The Balaban J connectivity index is 2.07. The van der Waals surface area contributed by atoms with Gasteiger partial charge in [0.15, 0.2) is 0 Å². The number of nitrogens with one attached hydrogen (secondary N) is 1.